The van der Waals surface area contributed by atoms with Crippen LogP contribution in [0.3, 0.4) is 0 Å². The molecular formula is C13H19NO6. The molecule has 0 fully saturated rings. The Hall–Kier alpha value is -2.12. The number of hydrogen-bond donors (Lipinski definition) is 2. The summed E-state index contributed by atoms with van der Waals surface area (Å²) in [7, 11) is 0. The maximum absolute atomic E-state index is 11.6. The second kappa shape index (κ2) is 9.76. The fourth-order valence-corrected chi connectivity index (χ4v) is 1.32. The van der Waals surface area contributed by atoms with Crippen LogP contribution >= 0.6 is 0 Å². The van der Waals surface area contributed by atoms with Gasteiger partial charge in [0.15, 0.2) is 6.04 Å². The number of carbonyl (C=O) groups excluding carboxylic acids is 2. The van der Waals surface area contributed by atoms with Gasteiger partial charge in [-0.25, -0.2) is 9.59 Å². The minimum Gasteiger partial charge on any atom is -0.459 e. The van der Waals surface area contributed by atoms with Gasteiger partial charge in [-0.1, -0.05) is 30.3 Å². The lowest BCUT2D eigenvalue weighted by Crippen LogP contribution is -2.44. The number of nitrogens with one attached hydrogen (secondary N) is 1. The molecule has 0 saturated heterocycles. The van der Waals surface area contributed by atoms with E-state index in [1.807, 2.05) is 18.2 Å². The molecule has 1 rings (SSSR count). The summed E-state index contributed by atoms with van der Waals surface area (Å²) < 4.78 is 9.61. The molecule has 0 aromatic heterocycles. The highest BCUT2D eigenvalue weighted by molar-refractivity contribution is 5.81. The molecule has 7 heteroatoms. The summed E-state index contributed by atoms with van der Waals surface area (Å²) >= 11 is 0. The van der Waals surface area contributed by atoms with E-state index in [0.717, 1.165) is 5.56 Å². The number of carbonyl (C=O) groups is 2. The van der Waals surface area contributed by atoms with E-state index in [1.54, 1.807) is 19.1 Å². The Labute approximate surface area is 116 Å². The van der Waals surface area contributed by atoms with Gasteiger partial charge in [0.05, 0.1) is 13.2 Å². The van der Waals surface area contributed by atoms with E-state index < -0.39 is 24.7 Å². The van der Waals surface area contributed by atoms with Gasteiger partial charge in [0.1, 0.15) is 6.61 Å². The van der Waals surface area contributed by atoms with Crippen molar-refractivity contribution in [3.05, 3.63) is 35.9 Å². The summed E-state index contributed by atoms with van der Waals surface area (Å²) in [5.41, 5.74) is 0.823. The Kier molecular flexibility index (Phi) is 8.73. The molecule has 1 unspecified atom stereocenters. The number of esters is 1. The number of aliphatic hydroxyl groups is 1. The monoisotopic (exact) mass is 285 g/mol. The topological polar surface area (TPSA) is 116 Å². The number of ether oxygens (including phenoxy) is 2. The van der Waals surface area contributed by atoms with Crippen LogP contribution in [0.2, 0.25) is 0 Å². The molecule has 1 atom stereocenters. The van der Waals surface area contributed by atoms with Gasteiger partial charge in [0, 0.05) is 0 Å². The van der Waals surface area contributed by atoms with E-state index in [0.29, 0.717) is 0 Å². The molecule has 0 spiro atoms. The molecule has 0 aliphatic rings. The van der Waals surface area contributed by atoms with Crippen molar-refractivity contribution in [1.29, 1.82) is 0 Å². The van der Waals surface area contributed by atoms with Gasteiger partial charge in [-0.15, -0.1) is 0 Å². The number of amides is 1. The summed E-state index contributed by atoms with van der Waals surface area (Å²) in [6, 6.07) is 7.99. The Morgan fingerprint density at radius 1 is 1.25 bits per heavy atom. The molecule has 1 amide bonds. The van der Waals surface area contributed by atoms with Gasteiger partial charge in [-0.05, 0) is 12.5 Å². The third-order valence-electron chi connectivity index (χ3n) is 2.26. The third kappa shape index (κ3) is 6.17. The average molecular weight is 285 g/mol. The number of aliphatic hydroxyl groups excluding tert-OH is 1. The van der Waals surface area contributed by atoms with Crippen LogP contribution in [0.1, 0.15) is 12.5 Å². The number of hydrogen-bond acceptors (Lipinski definition) is 5. The fourth-order valence-electron chi connectivity index (χ4n) is 1.32. The molecule has 0 aliphatic heterocycles. The number of alkyl carbamates (subject to hydrolysis) is 1. The van der Waals surface area contributed by atoms with Crippen molar-refractivity contribution in [2.45, 2.75) is 19.6 Å². The first kappa shape index (κ1) is 17.9. The second-order valence-corrected chi connectivity index (χ2v) is 3.69. The highest BCUT2D eigenvalue weighted by Gasteiger charge is 2.21. The zero-order valence-corrected chi connectivity index (χ0v) is 11.2. The molecule has 0 bridgehead atoms. The Balaban J connectivity index is 0.00000361. The zero-order valence-electron chi connectivity index (χ0n) is 11.2. The van der Waals surface area contributed by atoms with Gasteiger partial charge in [0.25, 0.3) is 0 Å². The third-order valence-corrected chi connectivity index (χ3v) is 2.26. The molecule has 0 saturated carbocycles. The molecule has 4 N–H and O–H groups in total. The fraction of sp³-hybridized carbons (Fsp3) is 0.385. The standard InChI is InChI=1S/C13H17NO5.H2O/c1-2-18-13(17)14-11(8-15)12(16)19-9-10-6-4-3-5-7-10;/h3-7,11,15H,2,8-9H2,1H3,(H,14,17);1H2. The van der Waals surface area contributed by atoms with Crippen LogP contribution in [-0.4, -0.2) is 41.9 Å². The van der Waals surface area contributed by atoms with E-state index in [4.69, 9.17) is 9.84 Å². The lowest BCUT2D eigenvalue weighted by Gasteiger charge is -2.15. The maximum atomic E-state index is 11.6. The molecule has 0 heterocycles. The average Bonchev–Trinajstić information content (AvgIpc) is 2.43. The van der Waals surface area contributed by atoms with Crippen molar-refractivity contribution in [2.24, 2.45) is 0 Å². The highest BCUT2D eigenvalue weighted by atomic mass is 16.6. The smallest absolute Gasteiger partial charge is 0.407 e. The Morgan fingerprint density at radius 3 is 2.45 bits per heavy atom. The Morgan fingerprint density at radius 2 is 1.90 bits per heavy atom. The van der Waals surface area contributed by atoms with E-state index in [2.05, 4.69) is 10.1 Å². The summed E-state index contributed by atoms with van der Waals surface area (Å²) in [6.07, 6.45) is -0.766. The van der Waals surface area contributed by atoms with Gasteiger partial charge < -0.3 is 25.4 Å². The van der Waals surface area contributed by atoms with Crippen LogP contribution in [-0.2, 0) is 20.9 Å². The van der Waals surface area contributed by atoms with Crippen LogP contribution in [0.15, 0.2) is 30.3 Å². The van der Waals surface area contributed by atoms with Crippen molar-refractivity contribution in [3.63, 3.8) is 0 Å². The van der Waals surface area contributed by atoms with Crippen LogP contribution in [0.4, 0.5) is 4.79 Å². The van der Waals surface area contributed by atoms with Gasteiger partial charge in [-0.2, -0.15) is 0 Å². The number of rotatable bonds is 6. The van der Waals surface area contributed by atoms with Crippen LogP contribution in [0, 0.1) is 0 Å². The van der Waals surface area contributed by atoms with Gasteiger partial charge >= 0.3 is 12.1 Å². The zero-order chi connectivity index (χ0) is 14.1. The molecule has 20 heavy (non-hydrogen) atoms. The van der Waals surface area contributed by atoms with Gasteiger partial charge in [0.2, 0.25) is 0 Å². The largest absolute Gasteiger partial charge is 0.459 e. The SMILES string of the molecule is CCOC(=O)NC(CO)C(=O)OCc1ccccc1.O. The molecule has 7 nitrogen and oxygen atoms in total. The molecule has 1 aromatic rings. The molecule has 1 aromatic carbocycles. The number of benzene rings is 1. The summed E-state index contributed by atoms with van der Waals surface area (Å²) in [6.45, 7) is 1.36. The predicted molar refractivity (Wildman–Crippen MR) is 70.9 cm³/mol. The van der Waals surface area contributed by atoms with Gasteiger partial charge in [-0.3, -0.25) is 0 Å². The second-order valence-electron chi connectivity index (χ2n) is 3.69. The quantitative estimate of drug-likeness (QED) is 0.714. The van der Waals surface area contributed by atoms with Crippen molar-refractivity contribution in [1.82, 2.24) is 5.32 Å². The first-order valence-corrected chi connectivity index (χ1v) is 5.92. The van der Waals surface area contributed by atoms with E-state index in [9.17, 15) is 9.59 Å². The Bertz CT molecular complexity index is 409. The van der Waals surface area contributed by atoms with Crippen LogP contribution in [0.5, 0.6) is 0 Å². The lowest BCUT2D eigenvalue weighted by atomic mass is 10.2. The van der Waals surface area contributed by atoms with E-state index in [-0.39, 0.29) is 18.7 Å². The molecule has 112 valence electrons. The normalized spacial score (nSPS) is 10.9. The molecule has 0 aliphatic carbocycles. The molecule has 0 radical (unpaired) electrons. The first-order chi connectivity index (χ1) is 9.17. The van der Waals surface area contributed by atoms with Crippen molar-refractivity contribution >= 4 is 12.1 Å². The predicted octanol–water partition coefficient (Wildman–Crippen LogP) is 0.0121. The lowest BCUT2D eigenvalue weighted by molar-refractivity contribution is -0.148. The first-order valence-electron chi connectivity index (χ1n) is 5.92. The molecular weight excluding hydrogens is 266 g/mol. The summed E-state index contributed by atoms with van der Waals surface area (Å²) in [4.78, 5) is 22.8. The van der Waals surface area contributed by atoms with Crippen molar-refractivity contribution < 1.29 is 29.6 Å². The van der Waals surface area contributed by atoms with Crippen LogP contribution < -0.4 is 5.32 Å². The maximum Gasteiger partial charge on any atom is 0.407 e. The van der Waals surface area contributed by atoms with Crippen molar-refractivity contribution in [3.8, 4) is 0 Å². The van der Waals surface area contributed by atoms with E-state index in [1.165, 1.54) is 0 Å². The minimum absolute atomic E-state index is 0. The highest BCUT2D eigenvalue weighted by Crippen LogP contribution is 2.02. The summed E-state index contributed by atoms with van der Waals surface area (Å²) in [5, 5.41) is 11.3. The van der Waals surface area contributed by atoms with E-state index >= 15 is 0 Å². The van der Waals surface area contributed by atoms with Crippen LogP contribution in [0.25, 0.3) is 0 Å². The summed E-state index contributed by atoms with van der Waals surface area (Å²) in [5.74, 6) is -0.709. The minimum atomic E-state index is -1.12. The van der Waals surface area contributed by atoms with Crippen molar-refractivity contribution in [2.75, 3.05) is 13.2 Å².